The van der Waals surface area contributed by atoms with Crippen LogP contribution in [0.3, 0.4) is 0 Å². The van der Waals surface area contributed by atoms with Crippen molar-refractivity contribution in [2.75, 3.05) is 14.2 Å². The molecule has 0 aromatic heterocycles. The van der Waals surface area contributed by atoms with Gasteiger partial charge in [0, 0.05) is 18.4 Å². The summed E-state index contributed by atoms with van der Waals surface area (Å²) < 4.78 is 16.5. The molecule has 0 bridgehead atoms. The predicted octanol–water partition coefficient (Wildman–Crippen LogP) is 4.15. The normalized spacial score (nSPS) is 18.2. The first-order valence-electron chi connectivity index (χ1n) is 8.48. The van der Waals surface area contributed by atoms with Crippen LogP contribution in [0.5, 0.6) is 11.5 Å². The molecule has 0 unspecified atom stereocenters. The van der Waals surface area contributed by atoms with Crippen LogP contribution in [0.1, 0.15) is 32.3 Å². The molecule has 0 atom stereocenters. The number of ketones is 1. The van der Waals surface area contributed by atoms with Gasteiger partial charge in [0.05, 0.1) is 14.2 Å². The van der Waals surface area contributed by atoms with Crippen molar-refractivity contribution in [1.82, 2.24) is 0 Å². The van der Waals surface area contributed by atoms with Crippen LogP contribution >= 0.6 is 0 Å². The van der Waals surface area contributed by atoms with Crippen LogP contribution in [0.15, 0.2) is 53.3 Å². The lowest BCUT2D eigenvalue weighted by molar-refractivity contribution is -0.115. The van der Waals surface area contributed by atoms with E-state index in [9.17, 15) is 4.79 Å². The number of benzene rings is 1. The van der Waals surface area contributed by atoms with E-state index < -0.39 is 0 Å². The average molecular weight is 340 g/mol. The Bertz CT molecular complexity index is 781. The Kier molecular flexibility index (Phi) is 4.71. The molecule has 1 aromatic rings. The molecular formula is C21H24O4. The Morgan fingerprint density at radius 3 is 2.64 bits per heavy atom. The van der Waals surface area contributed by atoms with E-state index in [-0.39, 0.29) is 11.4 Å². The van der Waals surface area contributed by atoms with Crippen LogP contribution < -0.4 is 9.47 Å². The lowest BCUT2D eigenvalue weighted by Crippen LogP contribution is -2.25. The molecule has 4 heteroatoms. The molecule has 3 rings (SSSR count). The Balaban J connectivity index is 1.76. The van der Waals surface area contributed by atoms with E-state index in [0.717, 1.165) is 35.3 Å². The van der Waals surface area contributed by atoms with Crippen LogP contribution in [0.25, 0.3) is 0 Å². The van der Waals surface area contributed by atoms with Crippen LogP contribution in [0, 0.1) is 0 Å². The summed E-state index contributed by atoms with van der Waals surface area (Å²) >= 11 is 0. The minimum absolute atomic E-state index is 0.136. The van der Waals surface area contributed by atoms with Gasteiger partial charge in [0.2, 0.25) is 0 Å². The first-order chi connectivity index (χ1) is 11.9. The van der Waals surface area contributed by atoms with Crippen molar-refractivity contribution in [2.24, 2.45) is 0 Å². The average Bonchev–Trinajstić information content (AvgIpc) is 2.60. The SMILES string of the molecule is COc1ccc(CC(=O)C2=CC3=C(CC2)OC(C)(C)C=C3)cc1OC. The summed E-state index contributed by atoms with van der Waals surface area (Å²) in [5.41, 5.74) is 2.51. The van der Waals surface area contributed by atoms with Crippen molar-refractivity contribution in [1.29, 1.82) is 0 Å². The third-order valence-corrected chi connectivity index (χ3v) is 4.49. The van der Waals surface area contributed by atoms with Crippen LogP contribution in [0.4, 0.5) is 0 Å². The van der Waals surface area contributed by atoms with Gasteiger partial charge in [-0.2, -0.15) is 0 Å². The van der Waals surface area contributed by atoms with Gasteiger partial charge in [-0.3, -0.25) is 4.79 Å². The maximum atomic E-state index is 12.7. The lowest BCUT2D eigenvalue weighted by Gasteiger charge is -2.31. The van der Waals surface area contributed by atoms with Gasteiger partial charge in [-0.1, -0.05) is 12.1 Å². The molecule has 1 heterocycles. The molecule has 0 N–H and O–H groups in total. The van der Waals surface area contributed by atoms with Crippen molar-refractivity contribution >= 4 is 5.78 Å². The molecule has 1 aliphatic carbocycles. The highest BCUT2D eigenvalue weighted by Gasteiger charge is 2.26. The molecule has 0 radical (unpaired) electrons. The maximum Gasteiger partial charge on any atom is 0.163 e. The largest absolute Gasteiger partial charge is 0.493 e. The monoisotopic (exact) mass is 340 g/mol. The minimum Gasteiger partial charge on any atom is -0.493 e. The van der Waals surface area contributed by atoms with Gasteiger partial charge in [0.1, 0.15) is 11.4 Å². The van der Waals surface area contributed by atoms with Crippen molar-refractivity contribution < 1.29 is 19.0 Å². The highest BCUT2D eigenvalue weighted by atomic mass is 16.5. The zero-order valence-electron chi connectivity index (χ0n) is 15.2. The number of rotatable bonds is 5. The van der Waals surface area contributed by atoms with Gasteiger partial charge in [-0.05, 0) is 55.7 Å². The quantitative estimate of drug-likeness (QED) is 0.807. The molecule has 132 valence electrons. The van der Waals surface area contributed by atoms with E-state index in [1.54, 1.807) is 14.2 Å². The first kappa shape index (κ1) is 17.3. The number of Topliss-reactive ketones (excluding diaryl/α,β-unsaturated/α-hetero) is 1. The van der Waals surface area contributed by atoms with Gasteiger partial charge in [0.15, 0.2) is 17.3 Å². The third-order valence-electron chi connectivity index (χ3n) is 4.49. The van der Waals surface area contributed by atoms with Crippen molar-refractivity contribution in [3.63, 3.8) is 0 Å². The smallest absolute Gasteiger partial charge is 0.163 e. The van der Waals surface area contributed by atoms with Gasteiger partial charge in [0.25, 0.3) is 0 Å². The molecule has 0 saturated carbocycles. The van der Waals surface area contributed by atoms with Crippen LogP contribution in [-0.2, 0) is 16.0 Å². The fourth-order valence-electron chi connectivity index (χ4n) is 3.14. The van der Waals surface area contributed by atoms with E-state index in [0.29, 0.717) is 17.9 Å². The molecule has 2 aliphatic rings. The fourth-order valence-corrected chi connectivity index (χ4v) is 3.14. The fraction of sp³-hybridized carbons (Fsp3) is 0.381. The summed E-state index contributed by atoms with van der Waals surface area (Å²) in [7, 11) is 3.19. The summed E-state index contributed by atoms with van der Waals surface area (Å²) in [4.78, 5) is 12.7. The number of hydrogen-bond donors (Lipinski definition) is 0. The molecule has 0 spiro atoms. The second-order valence-electron chi connectivity index (χ2n) is 6.88. The molecule has 0 amide bonds. The van der Waals surface area contributed by atoms with Gasteiger partial charge in [-0.25, -0.2) is 0 Å². The molecule has 1 aliphatic heterocycles. The summed E-state index contributed by atoms with van der Waals surface area (Å²) in [5.74, 6) is 2.42. The number of carbonyl (C=O) groups excluding carboxylic acids is 1. The highest BCUT2D eigenvalue weighted by Crippen LogP contribution is 2.34. The van der Waals surface area contributed by atoms with E-state index in [1.165, 1.54) is 0 Å². The topological polar surface area (TPSA) is 44.8 Å². The highest BCUT2D eigenvalue weighted by molar-refractivity contribution is 5.97. The summed E-state index contributed by atoms with van der Waals surface area (Å²) in [6, 6.07) is 5.59. The second-order valence-corrected chi connectivity index (χ2v) is 6.88. The number of methoxy groups -OCH3 is 2. The van der Waals surface area contributed by atoms with Crippen LogP contribution in [-0.4, -0.2) is 25.6 Å². The molecule has 0 fully saturated rings. The van der Waals surface area contributed by atoms with E-state index in [4.69, 9.17) is 14.2 Å². The van der Waals surface area contributed by atoms with Gasteiger partial charge in [-0.15, -0.1) is 0 Å². The third kappa shape index (κ3) is 3.78. The first-order valence-corrected chi connectivity index (χ1v) is 8.48. The predicted molar refractivity (Wildman–Crippen MR) is 96.9 cm³/mol. The summed E-state index contributed by atoms with van der Waals surface area (Å²) in [6.07, 6.45) is 7.89. The molecule has 4 nitrogen and oxygen atoms in total. The number of ether oxygens (including phenoxy) is 3. The Hall–Kier alpha value is -2.49. The van der Waals surface area contributed by atoms with Gasteiger partial charge < -0.3 is 14.2 Å². The molecular weight excluding hydrogens is 316 g/mol. The Labute approximate surface area is 148 Å². The van der Waals surface area contributed by atoms with Gasteiger partial charge >= 0.3 is 0 Å². The zero-order valence-corrected chi connectivity index (χ0v) is 15.2. The zero-order chi connectivity index (χ0) is 18.0. The molecule has 25 heavy (non-hydrogen) atoms. The standard InChI is InChI=1S/C21H24O4/c1-21(2)10-9-16-13-15(6-8-18(16)25-21)17(22)11-14-5-7-19(23-3)20(12-14)24-4/h5,7,9-10,12-13H,6,8,11H2,1-4H3. The lowest BCUT2D eigenvalue weighted by atomic mass is 9.90. The number of carbonyl (C=O) groups is 1. The molecule has 1 aromatic carbocycles. The Morgan fingerprint density at radius 2 is 1.92 bits per heavy atom. The van der Waals surface area contributed by atoms with Crippen molar-refractivity contribution in [2.45, 2.75) is 38.7 Å². The minimum atomic E-state index is -0.270. The summed E-state index contributed by atoms with van der Waals surface area (Å²) in [6.45, 7) is 4.07. The number of allylic oxidation sites excluding steroid dienone is 5. The second kappa shape index (κ2) is 6.79. The Morgan fingerprint density at radius 1 is 1.16 bits per heavy atom. The van der Waals surface area contributed by atoms with Crippen LogP contribution in [0.2, 0.25) is 0 Å². The molecule has 0 saturated heterocycles. The number of hydrogen-bond acceptors (Lipinski definition) is 4. The van der Waals surface area contributed by atoms with Crippen molar-refractivity contribution in [3.05, 3.63) is 58.9 Å². The van der Waals surface area contributed by atoms with E-state index >= 15 is 0 Å². The maximum absolute atomic E-state index is 12.7. The van der Waals surface area contributed by atoms with Crippen molar-refractivity contribution in [3.8, 4) is 11.5 Å². The summed E-state index contributed by atoms with van der Waals surface area (Å²) in [5, 5.41) is 0. The van der Waals surface area contributed by atoms with E-state index in [1.807, 2.05) is 44.2 Å². The van der Waals surface area contributed by atoms with E-state index in [2.05, 4.69) is 6.08 Å².